The van der Waals surface area contributed by atoms with E-state index in [1.54, 1.807) is 23.5 Å². The number of aromatic nitrogens is 2. The second-order valence-corrected chi connectivity index (χ2v) is 11.8. The van der Waals surface area contributed by atoms with Gasteiger partial charge in [-0.1, -0.05) is 42.3 Å². The molecule has 0 N–H and O–H groups in total. The third-order valence-corrected chi connectivity index (χ3v) is 8.73. The number of amides is 1. The molecule has 5 rings (SSSR count). The molecule has 2 aromatic carbocycles. The molecule has 9 heteroatoms. The molecule has 1 aliphatic rings. The van der Waals surface area contributed by atoms with E-state index in [0.29, 0.717) is 33.7 Å². The first-order valence-electron chi connectivity index (χ1n) is 12.4. The van der Waals surface area contributed by atoms with E-state index in [4.69, 9.17) is 28.3 Å². The van der Waals surface area contributed by atoms with Crippen molar-refractivity contribution >= 4 is 46.3 Å². The molecule has 0 saturated heterocycles. The number of halogens is 3. The van der Waals surface area contributed by atoms with Gasteiger partial charge in [-0.3, -0.25) is 4.79 Å². The van der Waals surface area contributed by atoms with Crippen LogP contribution in [0.2, 0.25) is 10.0 Å². The highest BCUT2D eigenvalue weighted by Crippen LogP contribution is 2.38. The molecule has 0 unspecified atom stereocenters. The average Bonchev–Trinajstić information content (AvgIpc) is 3.55. The van der Waals surface area contributed by atoms with Gasteiger partial charge in [0, 0.05) is 22.5 Å². The van der Waals surface area contributed by atoms with Gasteiger partial charge in [-0.15, -0.1) is 11.3 Å². The fourth-order valence-electron chi connectivity index (χ4n) is 4.53. The molecule has 0 aliphatic carbocycles. The van der Waals surface area contributed by atoms with Gasteiger partial charge in [0.2, 0.25) is 0 Å². The van der Waals surface area contributed by atoms with Crippen LogP contribution in [-0.2, 0) is 24.1 Å². The van der Waals surface area contributed by atoms with Crippen molar-refractivity contribution in [2.24, 2.45) is 4.99 Å². The number of amidine groups is 1. The number of rotatable bonds is 7. The molecule has 2 aromatic heterocycles. The van der Waals surface area contributed by atoms with Crippen LogP contribution in [0.5, 0.6) is 0 Å². The number of nitrogens with zero attached hydrogens (tertiary/aromatic N) is 4. The number of aliphatic imine (C=N–C) groups is 1. The molecular weight excluding hydrogens is 542 g/mol. The summed E-state index contributed by atoms with van der Waals surface area (Å²) in [6.07, 6.45) is 2.33. The van der Waals surface area contributed by atoms with Crippen molar-refractivity contribution < 1.29 is 9.18 Å². The number of thiophene rings is 1. The van der Waals surface area contributed by atoms with Crippen molar-refractivity contribution in [1.82, 2.24) is 14.7 Å². The van der Waals surface area contributed by atoms with Crippen molar-refractivity contribution in [3.8, 4) is 16.3 Å². The van der Waals surface area contributed by atoms with Crippen molar-refractivity contribution in [2.75, 3.05) is 7.05 Å². The number of hydrogen-bond donors (Lipinski definition) is 0. The molecule has 3 heterocycles. The lowest BCUT2D eigenvalue weighted by Crippen LogP contribution is -2.44. The third kappa shape index (κ3) is 4.79. The lowest BCUT2D eigenvalue weighted by Gasteiger charge is -2.27. The summed E-state index contributed by atoms with van der Waals surface area (Å²) in [5.74, 6) is 0.124. The number of hydrogen-bond acceptors (Lipinski definition) is 4. The minimum Gasteiger partial charge on any atom is -0.343 e. The highest BCUT2D eigenvalue weighted by Gasteiger charge is 2.42. The lowest BCUT2D eigenvalue weighted by atomic mass is 10.0. The summed E-state index contributed by atoms with van der Waals surface area (Å²) >= 11 is 14.5. The molecule has 4 aromatic rings. The Morgan fingerprint density at radius 1 is 1.03 bits per heavy atom. The van der Waals surface area contributed by atoms with E-state index in [1.165, 1.54) is 17.0 Å². The molecule has 196 valence electrons. The number of carbonyl (C=O) groups is 1. The fourth-order valence-corrected chi connectivity index (χ4v) is 6.09. The summed E-state index contributed by atoms with van der Waals surface area (Å²) in [6, 6.07) is 16.2. The lowest BCUT2D eigenvalue weighted by molar-refractivity contribution is -0.123. The van der Waals surface area contributed by atoms with Gasteiger partial charge < -0.3 is 4.90 Å². The van der Waals surface area contributed by atoms with Crippen LogP contribution in [0.4, 0.5) is 4.39 Å². The van der Waals surface area contributed by atoms with E-state index in [2.05, 4.69) is 24.0 Å². The van der Waals surface area contributed by atoms with Gasteiger partial charge >= 0.3 is 0 Å². The summed E-state index contributed by atoms with van der Waals surface area (Å²) in [7, 11) is 1.87. The topological polar surface area (TPSA) is 50.5 Å². The highest BCUT2D eigenvalue weighted by molar-refractivity contribution is 7.15. The molecule has 0 spiro atoms. The molecule has 0 fully saturated rings. The van der Waals surface area contributed by atoms with Gasteiger partial charge in [0.1, 0.15) is 17.1 Å². The van der Waals surface area contributed by atoms with Gasteiger partial charge in [0.15, 0.2) is 5.84 Å². The van der Waals surface area contributed by atoms with Crippen LogP contribution in [-0.4, -0.2) is 39.0 Å². The van der Waals surface area contributed by atoms with Crippen LogP contribution in [0.25, 0.3) is 16.3 Å². The van der Waals surface area contributed by atoms with Crippen LogP contribution in [0.15, 0.2) is 59.6 Å². The minimum absolute atomic E-state index is 0.197. The smallest absolute Gasteiger partial charge is 0.273 e. The molecule has 38 heavy (non-hydrogen) atoms. The zero-order chi connectivity index (χ0) is 27.2. The second kappa shape index (κ2) is 10.3. The van der Waals surface area contributed by atoms with Crippen molar-refractivity contribution in [3.63, 3.8) is 0 Å². The number of carbonyl (C=O) groups excluding carboxylic acids is 1. The SMILES string of the molecule is CCc1c(C2=NC(=O)C(C)(C)N2C)nn(-c2ccc(Cl)cc2Cl)c1-c1ccc(CCc2ccc(F)cc2)s1. The molecule has 1 amide bonds. The maximum absolute atomic E-state index is 13.3. The first-order chi connectivity index (χ1) is 18.1. The summed E-state index contributed by atoms with van der Waals surface area (Å²) in [5, 5.41) is 6.01. The normalized spacial score (nSPS) is 14.9. The highest BCUT2D eigenvalue weighted by atomic mass is 35.5. The number of benzene rings is 2. The maximum atomic E-state index is 13.3. The first kappa shape index (κ1) is 26.6. The van der Waals surface area contributed by atoms with Crippen LogP contribution in [0.3, 0.4) is 0 Å². The number of aryl methyl sites for hydroxylation is 2. The van der Waals surface area contributed by atoms with Gasteiger partial charge in [-0.25, -0.2) is 9.07 Å². The quantitative estimate of drug-likeness (QED) is 0.233. The third-order valence-electron chi connectivity index (χ3n) is 7.04. The van der Waals surface area contributed by atoms with E-state index in [9.17, 15) is 9.18 Å². The zero-order valence-corrected chi connectivity index (χ0v) is 23.9. The molecule has 5 nitrogen and oxygen atoms in total. The van der Waals surface area contributed by atoms with Crippen LogP contribution >= 0.6 is 34.5 Å². The van der Waals surface area contributed by atoms with E-state index in [1.807, 2.05) is 48.7 Å². The Hall–Kier alpha value is -3.00. The Bertz CT molecular complexity index is 1560. The Morgan fingerprint density at radius 3 is 2.39 bits per heavy atom. The molecule has 0 radical (unpaired) electrons. The van der Waals surface area contributed by atoms with E-state index >= 15 is 0 Å². The summed E-state index contributed by atoms with van der Waals surface area (Å²) in [5.41, 5.74) is 3.59. The zero-order valence-electron chi connectivity index (χ0n) is 21.6. The van der Waals surface area contributed by atoms with Gasteiger partial charge in [-0.2, -0.15) is 10.1 Å². The standard InChI is InChI=1S/C29H27Cl2FN4OS/c1-5-21-25(27-33-28(37)29(2,3)35(27)4)34-36(23-14-9-18(30)16-22(23)31)26(21)24-15-13-20(38-24)12-8-17-6-10-19(32)11-7-17/h6-7,9-11,13-16H,5,8,12H2,1-4H3. The minimum atomic E-state index is -0.751. The first-order valence-corrected chi connectivity index (χ1v) is 14.0. The summed E-state index contributed by atoms with van der Waals surface area (Å²) in [4.78, 5) is 21.2. The predicted molar refractivity (Wildman–Crippen MR) is 153 cm³/mol. The van der Waals surface area contributed by atoms with Crippen molar-refractivity contribution in [2.45, 2.75) is 45.6 Å². The van der Waals surface area contributed by atoms with Crippen LogP contribution < -0.4 is 0 Å². The molecule has 0 atom stereocenters. The average molecular weight is 570 g/mol. The Labute approximate surface area is 235 Å². The Kier molecular flexibility index (Phi) is 7.20. The Balaban J connectivity index is 1.60. The van der Waals surface area contributed by atoms with Gasteiger partial charge in [0.05, 0.1) is 21.3 Å². The molecule has 1 aliphatic heterocycles. The van der Waals surface area contributed by atoms with E-state index < -0.39 is 5.54 Å². The number of likely N-dealkylation sites (N-methyl/N-ethyl adjacent to an activating group) is 1. The van der Waals surface area contributed by atoms with Gasteiger partial charge in [0.25, 0.3) is 5.91 Å². The van der Waals surface area contributed by atoms with Gasteiger partial charge in [-0.05, 0) is 81.1 Å². The van der Waals surface area contributed by atoms with E-state index in [0.717, 1.165) is 34.5 Å². The second-order valence-electron chi connectivity index (χ2n) is 9.79. The largest absolute Gasteiger partial charge is 0.343 e. The van der Waals surface area contributed by atoms with Crippen LogP contribution in [0, 0.1) is 5.82 Å². The van der Waals surface area contributed by atoms with Crippen molar-refractivity contribution in [1.29, 1.82) is 0 Å². The van der Waals surface area contributed by atoms with Crippen molar-refractivity contribution in [3.05, 3.63) is 92.2 Å². The molecule has 0 bridgehead atoms. The monoisotopic (exact) mass is 568 g/mol. The predicted octanol–water partition coefficient (Wildman–Crippen LogP) is 7.39. The molecular formula is C29H27Cl2FN4OS. The summed E-state index contributed by atoms with van der Waals surface area (Å²) < 4.78 is 15.1. The summed E-state index contributed by atoms with van der Waals surface area (Å²) in [6.45, 7) is 5.79. The maximum Gasteiger partial charge on any atom is 0.273 e. The van der Waals surface area contributed by atoms with E-state index in [-0.39, 0.29) is 11.7 Å². The van der Waals surface area contributed by atoms with Crippen LogP contribution in [0.1, 0.15) is 42.5 Å². The Morgan fingerprint density at radius 2 is 1.76 bits per heavy atom. The fraction of sp³-hybridized carbons (Fsp3) is 0.276. The molecule has 0 saturated carbocycles.